The fourth-order valence-electron chi connectivity index (χ4n) is 0.821. The lowest BCUT2D eigenvalue weighted by molar-refractivity contribution is 0.241. The summed E-state index contributed by atoms with van der Waals surface area (Å²) in [5.41, 5.74) is 6.04. The average Bonchev–Trinajstić information content (AvgIpc) is 2.18. The largest absolute Gasteiger partial charge is 0.369 e. The molecular weight excluding hydrogens is 239 g/mol. The van der Waals surface area contributed by atoms with Crippen LogP contribution in [0.2, 0.25) is 0 Å². The summed E-state index contributed by atoms with van der Waals surface area (Å²) in [6.07, 6.45) is 0. The summed E-state index contributed by atoms with van der Waals surface area (Å²) in [5.74, 6) is -0.0856. The number of nitrogens with zero attached hydrogens (tertiary/aromatic N) is 2. The smallest absolute Gasteiger partial charge is 0.354 e. The zero-order chi connectivity index (χ0) is 11.3. The maximum absolute atomic E-state index is 10.9. The molecule has 1 aromatic carbocycles. The Balaban J connectivity index is 2.65. The molecule has 3 N–H and O–H groups in total. The van der Waals surface area contributed by atoms with Gasteiger partial charge in [0.15, 0.2) is 0 Å². The quantitative estimate of drug-likeness (QED) is 0.452. The van der Waals surface area contributed by atoms with Crippen LogP contribution in [0.3, 0.4) is 0 Å². The first-order valence-electron chi connectivity index (χ1n) is 3.91. The molecule has 80 valence electrons. The van der Waals surface area contributed by atoms with E-state index < -0.39 is 6.03 Å². The van der Waals surface area contributed by atoms with Crippen LogP contribution < -0.4 is 11.1 Å². The zero-order valence-electron chi connectivity index (χ0n) is 7.52. The van der Waals surface area contributed by atoms with Gasteiger partial charge in [-0.2, -0.15) is 0 Å². The molecule has 7 heteroatoms. The Hall–Kier alpha value is -1.46. The fourth-order valence-corrected chi connectivity index (χ4v) is 0.906. The first-order valence-corrected chi connectivity index (χ1v) is 4.59. The van der Waals surface area contributed by atoms with Gasteiger partial charge in [-0.3, -0.25) is 5.32 Å². The Labute approximate surface area is 96.7 Å². The Morgan fingerprint density at radius 1 is 1.33 bits per heavy atom. The van der Waals surface area contributed by atoms with Crippen LogP contribution in [-0.2, 0) is 0 Å². The summed E-state index contributed by atoms with van der Waals surface area (Å²) in [6.45, 7) is 0. The van der Waals surface area contributed by atoms with E-state index in [9.17, 15) is 4.79 Å². The van der Waals surface area contributed by atoms with E-state index in [1.807, 2.05) is 6.07 Å². The molecule has 0 radical (unpaired) electrons. The van der Waals surface area contributed by atoms with Gasteiger partial charge in [-0.05, 0) is 12.1 Å². The minimum Gasteiger partial charge on any atom is -0.369 e. The highest BCUT2D eigenvalue weighted by atomic mass is 35.5. The first kappa shape index (κ1) is 11.6. The third kappa shape index (κ3) is 4.05. The van der Waals surface area contributed by atoms with E-state index in [0.717, 1.165) is 0 Å². The molecule has 0 fully saturated rings. The van der Waals surface area contributed by atoms with Gasteiger partial charge in [0.25, 0.3) is 0 Å². The summed E-state index contributed by atoms with van der Waals surface area (Å²) >= 11 is 10.3. The van der Waals surface area contributed by atoms with Crippen LogP contribution in [0.5, 0.6) is 0 Å². The molecule has 0 aliphatic heterocycles. The van der Waals surface area contributed by atoms with Crippen LogP contribution in [0, 0.1) is 0 Å². The summed E-state index contributed by atoms with van der Waals surface area (Å²) in [5, 5.41) is 2.18. The standard InChI is InChI=1S/C8H8Cl2N4O/c9-14(10)8(15)13-7(11)12-6-4-2-1-3-5-6/h1-5H,(H3,11,12,13,15). The molecule has 0 aliphatic rings. The normalized spacial score (nSPS) is 10.9. The lowest BCUT2D eigenvalue weighted by atomic mass is 10.3. The van der Waals surface area contributed by atoms with Crippen LogP contribution in [0.4, 0.5) is 10.5 Å². The van der Waals surface area contributed by atoms with Gasteiger partial charge in [0.2, 0.25) is 5.96 Å². The molecule has 2 amide bonds. The van der Waals surface area contributed by atoms with E-state index in [0.29, 0.717) is 9.63 Å². The minimum atomic E-state index is -0.768. The number of halogens is 2. The summed E-state index contributed by atoms with van der Waals surface area (Å²) < 4.78 is 0.327. The van der Waals surface area contributed by atoms with E-state index in [1.54, 1.807) is 24.3 Å². The SMILES string of the molecule is NC(=Nc1ccccc1)NC(=O)N(Cl)Cl. The third-order valence-electron chi connectivity index (χ3n) is 1.39. The van der Waals surface area contributed by atoms with E-state index in [1.165, 1.54) is 0 Å². The van der Waals surface area contributed by atoms with Crippen molar-refractivity contribution in [1.29, 1.82) is 0 Å². The molecule has 0 bridgehead atoms. The second-order valence-electron chi connectivity index (χ2n) is 2.50. The Kier molecular flexibility index (Phi) is 4.20. The highest BCUT2D eigenvalue weighted by Gasteiger charge is 2.08. The molecule has 5 nitrogen and oxygen atoms in total. The van der Waals surface area contributed by atoms with Gasteiger partial charge in [0, 0.05) is 23.6 Å². The number of nitrogens with two attached hydrogens (primary N) is 1. The molecule has 0 aliphatic carbocycles. The molecule has 0 aromatic heterocycles. The number of carbonyl (C=O) groups is 1. The van der Waals surface area contributed by atoms with Crippen molar-refractivity contribution in [3.05, 3.63) is 30.3 Å². The molecule has 0 saturated carbocycles. The topological polar surface area (TPSA) is 70.7 Å². The third-order valence-corrected chi connectivity index (χ3v) is 1.70. The number of para-hydroxylation sites is 1. The first-order chi connectivity index (χ1) is 7.09. The number of carbonyl (C=O) groups excluding carboxylic acids is 1. The molecule has 0 heterocycles. The van der Waals surface area contributed by atoms with Gasteiger partial charge >= 0.3 is 6.03 Å². The number of hydrogen-bond donors (Lipinski definition) is 2. The van der Waals surface area contributed by atoms with Gasteiger partial charge in [0.05, 0.1) is 5.69 Å². The molecule has 0 spiro atoms. The lowest BCUT2D eigenvalue weighted by Crippen LogP contribution is -2.39. The van der Waals surface area contributed by atoms with Crippen LogP contribution in [0.1, 0.15) is 0 Å². The van der Waals surface area contributed by atoms with Crippen molar-refractivity contribution in [2.24, 2.45) is 10.7 Å². The summed E-state index contributed by atoms with van der Waals surface area (Å²) in [4.78, 5) is 14.8. The summed E-state index contributed by atoms with van der Waals surface area (Å²) in [7, 11) is 0. The average molecular weight is 247 g/mol. The van der Waals surface area contributed by atoms with E-state index in [-0.39, 0.29) is 5.96 Å². The van der Waals surface area contributed by atoms with Crippen molar-refractivity contribution in [1.82, 2.24) is 9.25 Å². The highest BCUT2D eigenvalue weighted by Crippen LogP contribution is 2.08. The Morgan fingerprint density at radius 2 is 1.93 bits per heavy atom. The van der Waals surface area contributed by atoms with Gasteiger partial charge < -0.3 is 5.73 Å². The van der Waals surface area contributed by atoms with Crippen molar-refractivity contribution in [3.8, 4) is 0 Å². The minimum absolute atomic E-state index is 0.0856. The molecule has 0 atom stereocenters. The van der Waals surface area contributed by atoms with Crippen LogP contribution >= 0.6 is 23.6 Å². The highest BCUT2D eigenvalue weighted by molar-refractivity contribution is 6.41. The van der Waals surface area contributed by atoms with E-state index in [2.05, 4.69) is 10.3 Å². The number of guanidine groups is 1. The molecule has 15 heavy (non-hydrogen) atoms. The van der Waals surface area contributed by atoms with Crippen molar-refractivity contribution in [3.63, 3.8) is 0 Å². The number of urea groups is 1. The number of aliphatic imine (C=N–C) groups is 1. The van der Waals surface area contributed by atoms with Gasteiger partial charge in [0.1, 0.15) is 0 Å². The zero-order valence-corrected chi connectivity index (χ0v) is 9.03. The van der Waals surface area contributed by atoms with Crippen LogP contribution in [-0.4, -0.2) is 15.9 Å². The monoisotopic (exact) mass is 246 g/mol. The predicted octanol–water partition coefficient (Wildman–Crippen LogP) is 1.95. The van der Waals surface area contributed by atoms with E-state index in [4.69, 9.17) is 29.3 Å². The lowest BCUT2D eigenvalue weighted by Gasteiger charge is -2.05. The second kappa shape index (κ2) is 5.43. The number of benzene rings is 1. The molecular formula is C8H8Cl2N4O. The van der Waals surface area contributed by atoms with Crippen molar-refractivity contribution in [2.45, 2.75) is 0 Å². The Bertz CT molecular complexity index is 366. The fraction of sp³-hybridized carbons (Fsp3) is 0. The maximum atomic E-state index is 10.9. The van der Waals surface area contributed by atoms with Gasteiger partial charge in [-0.1, -0.05) is 18.2 Å². The van der Waals surface area contributed by atoms with Crippen LogP contribution in [0.25, 0.3) is 0 Å². The number of rotatable bonds is 1. The van der Waals surface area contributed by atoms with Crippen molar-refractivity contribution >= 4 is 41.2 Å². The Morgan fingerprint density at radius 3 is 2.47 bits per heavy atom. The van der Waals surface area contributed by atoms with Crippen molar-refractivity contribution < 1.29 is 4.79 Å². The van der Waals surface area contributed by atoms with Gasteiger partial charge in [-0.15, -0.1) is 3.94 Å². The van der Waals surface area contributed by atoms with Crippen molar-refractivity contribution in [2.75, 3.05) is 0 Å². The van der Waals surface area contributed by atoms with E-state index >= 15 is 0 Å². The molecule has 0 saturated heterocycles. The number of hydrogen-bond acceptors (Lipinski definition) is 2. The number of amides is 2. The molecule has 1 aromatic rings. The summed E-state index contributed by atoms with van der Waals surface area (Å²) in [6, 6.07) is 8.13. The number of nitrogens with one attached hydrogen (secondary N) is 1. The predicted molar refractivity (Wildman–Crippen MR) is 59.8 cm³/mol. The maximum Gasteiger partial charge on any atom is 0.354 e. The molecule has 1 rings (SSSR count). The second-order valence-corrected chi connectivity index (χ2v) is 3.34. The van der Waals surface area contributed by atoms with Gasteiger partial charge in [-0.25, -0.2) is 9.79 Å². The van der Waals surface area contributed by atoms with Crippen LogP contribution in [0.15, 0.2) is 35.3 Å². The molecule has 0 unspecified atom stereocenters.